The minimum absolute atomic E-state index is 0.251. The minimum Gasteiger partial charge on any atom is -0.369 e. The van der Waals surface area contributed by atoms with Crippen LogP contribution in [0.15, 0.2) is 78.9 Å². The summed E-state index contributed by atoms with van der Waals surface area (Å²) in [4.78, 5) is 20.5. The van der Waals surface area contributed by atoms with Crippen molar-refractivity contribution in [3.8, 4) is 0 Å². The highest BCUT2D eigenvalue weighted by molar-refractivity contribution is 5.97. The van der Waals surface area contributed by atoms with Crippen LogP contribution in [-0.2, 0) is 6.42 Å². The van der Waals surface area contributed by atoms with Gasteiger partial charge in [0, 0.05) is 56.4 Å². The van der Waals surface area contributed by atoms with Crippen molar-refractivity contribution in [2.24, 2.45) is 5.92 Å². The monoisotopic (exact) mass is 493 g/mol. The van der Waals surface area contributed by atoms with Crippen LogP contribution in [0.25, 0.3) is 0 Å². The number of amides is 1. The summed E-state index contributed by atoms with van der Waals surface area (Å²) >= 11 is 0. The molecule has 0 spiro atoms. The predicted molar refractivity (Wildman–Crippen MR) is 151 cm³/mol. The summed E-state index contributed by atoms with van der Waals surface area (Å²) in [6.07, 6.45) is 6.03. The quantitative estimate of drug-likeness (QED) is 0.395. The molecular formula is C33H39N3O. The maximum absolute atomic E-state index is 13.3. The maximum atomic E-state index is 13.3. The Bertz CT molecular complexity index is 1140. The van der Waals surface area contributed by atoms with Gasteiger partial charge in [0.15, 0.2) is 0 Å². The van der Waals surface area contributed by atoms with Gasteiger partial charge < -0.3 is 9.80 Å². The largest absolute Gasteiger partial charge is 0.369 e. The lowest BCUT2D eigenvalue weighted by molar-refractivity contribution is 0.0678. The maximum Gasteiger partial charge on any atom is 0.254 e. The van der Waals surface area contributed by atoms with Crippen molar-refractivity contribution in [3.05, 3.63) is 101 Å². The second-order valence-electron chi connectivity index (χ2n) is 11.1. The summed E-state index contributed by atoms with van der Waals surface area (Å²) in [5, 5.41) is 0. The van der Waals surface area contributed by atoms with E-state index in [1.807, 2.05) is 0 Å². The Labute approximate surface area is 221 Å². The first-order chi connectivity index (χ1) is 18.2. The smallest absolute Gasteiger partial charge is 0.254 e. The van der Waals surface area contributed by atoms with Gasteiger partial charge in [-0.3, -0.25) is 9.69 Å². The van der Waals surface area contributed by atoms with E-state index in [4.69, 9.17) is 0 Å². The Morgan fingerprint density at radius 3 is 2.08 bits per heavy atom. The van der Waals surface area contributed by atoms with Crippen LogP contribution in [-0.4, -0.2) is 61.5 Å². The Balaban J connectivity index is 1.07. The number of anilines is 1. The van der Waals surface area contributed by atoms with Crippen LogP contribution in [0, 0.1) is 5.92 Å². The molecule has 3 aromatic carbocycles. The molecule has 0 radical (unpaired) electrons. The van der Waals surface area contributed by atoms with E-state index in [0.29, 0.717) is 5.92 Å². The first-order valence-electron chi connectivity index (χ1n) is 14.2. The summed E-state index contributed by atoms with van der Waals surface area (Å²) in [5.74, 6) is 1.40. The molecule has 0 aromatic heterocycles. The molecular weight excluding hydrogens is 454 g/mol. The number of hydrogen-bond acceptors (Lipinski definition) is 3. The molecule has 192 valence electrons. The molecule has 3 aromatic rings. The lowest BCUT2D eigenvalue weighted by Crippen LogP contribution is -2.47. The number of benzene rings is 3. The van der Waals surface area contributed by atoms with Crippen molar-refractivity contribution < 1.29 is 4.79 Å². The molecule has 2 aliphatic heterocycles. The van der Waals surface area contributed by atoms with E-state index in [2.05, 4.69) is 93.6 Å². The third-order valence-corrected chi connectivity index (χ3v) is 8.84. The summed E-state index contributed by atoms with van der Waals surface area (Å²) in [7, 11) is 0. The van der Waals surface area contributed by atoms with Crippen molar-refractivity contribution in [1.82, 2.24) is 9.80 Å². The number of piperazine rings is 1. The predicted octanol–water partition coefficient (Wildman–Crippen LogP) is 5.83. The Hall–Kier alpha value is -3.11. The lowest BCUT2D eigenvalue weighted by atomic mass is 9.84. The Kier molecular flexibility index (Phi) is 7.27. The van der Waals surface area contributed by atoms with Crippen LogP contribution in [0.4, 0.5) is 5.69 Å². The molecule has 0 bridgehead atoms. The number of fused-ring (bicyclic) bond motifs is 1. The van der Waals surface area contributed by atoms with Crippen molar-refractivity contribution in [2.75, 3.05) is 50.7 Å². The number of carbonyl (C=O) groups excluding carboxylic acids is 1. The summed E-state index contributed by atoms with van der Waals surface area (Å²) in [6.45, 7) is 7.09. The van der Waals surface area contributed by atoms with Gasteiger partial charge in [0.2, 0.25) is 0 Å². The molecule has 3 aliphatic rings. The highest BCUT2D eigenvalue weighted by atomic mass is 16.2. The topological polar surface area (TPSA) is 26.8 Å². The molecule has 1 saturated carbocycles. The highest BCUT2D eigenvalue weighted by Crippen LogP contribution is 2.31. The Morgan fingerprint density at radius 2 is 1.46 bits per heavy atom. The number of rotatable bonds is 8. The molecule has 0 N–H and O–H groups in total. The SMILES string of the molecule is O=C1c2cc(N3CCN(CCC(c4ccccc4)c4ccccc4)CC3)ccc2CCN1CC1CCC1. The summed E-state index contributed by atoms with van der Waals surface area (Å²) < 4.78 is 0. The van der Waals surface area contributed by atoms with Crippen LogP contribution < -0.4 is 4.90 Å². The van der Waals surface area contributed by atoms with Crippen LogP contribution in [0.1, 0.15) is 58.6 Å². The van der Waals surface area contributed by atoms with E-state index >= 15 is 0 Å². The average molecular weight is 494 g/mol. The fraction of sp³-hybridized carbons (Fsp3) is 0.424. The number of carbonyl (C=O) groups is 1. The van der Waals surface area contributed by atoms with E-state index in [1.54, 1.807) is 0 Å². The molecule has 4 nitrogen and oxygen atoms in total. The fourth-order valence-electron chi connectivity index (χ4n) is 6.30. The molecule has 1 amide bonds. The molecule has 1 aliphatic carbocycles. The second-order valence-corrected chi connectivity index (χ2v) is 11.1. The first-order valence-corrected chi connectivity index (χ1v) is 14.2. The van der Waals surface area contributed by atoms with Gasteiger partial charge in [0.25, 0.3) is 5.91 Å². The van der Waals surface area contributed by atoms with E-state index < -0.39 is 0 Å². The molecule has 2 heterocycles. The molecule has 2 fully saturated rings. The van der Waals surface area contributed by atoms with Crippen molar-refractivity contribution in [3.63, 3.8) is 0 Å². The normalized spacial score (nSPS) is 18.7. The lowest BCUT2D eigenvalue weighted by Gasteiger charge is -2.38. The van der Waals surface area contributed by atoms with Gasteiger partial charge >= 0.3 is 0 Å². The molecule has 0 unspecified atom stereocenters. The van der Waals surface area contributed by atoms with Gasteiger partial charge in [-0.1, -0.05) is 73.2 Å². The van der Waals surface area contributed by atoms with E-state index in [9.17, 15) is 4.79 Å². The fourth-order valence-corrected chi connectivity index (χ4v) is 6.30. The van der Waals surface area contributed by atoms with Gasteiger partial charge in [-0.05, 0) is 67.0 Å². The van der Waals surface area contributed by atoms with Crippen LogP contribution in [0.3, 0.4) is 0 Å². The Morgan fingerprint density at radius 1 is 0.784 bits per heavy atom. The van der Waals surface area contributed by atoms with Gasteiger partial charge in [0.05, 0.1) is 0 Å². The summed E-state index contributed by atoms with van der Waals surface area (Å²) in [6, 6.07) is 28.5. The van der Waals surface area contributed by atoms with Crippen molar-refractivity contribution in [1.29, 1.82) is 0 Å². The van der Waals surface area contributed by atoms with Crippen LogP contribution >= 0.6 is 0 Å². The number of hydrogen-bond donors (Lipinski definition) is 0. The molecule has 1 saturated heterocycles. The van der Waals surface area contributed by atoms with Gasteiger partial charge in [-0.2, -0.15) is 0 Å². The zero-order valence-corrected chi connectivity index (χ0v) is 21.9. The zero-order chi connectivity index (χ0) is 25.0. The van der Waals surface area contributed by atoms with Gasteiger partial charge in [0.1, 0.15) is 0 Å². The van der Waals surface area contributed by atoms with Crippen LogP contribution in [0.2, 0.25) is 0 Å². The van der Waals surface area contributed by atoms with E-state index in [1.165, 1.54) is 41.6 Å². The van der Waals surface area contributed by atoms with Gasteiger partial charge in [-0.25, -0.2) is 0 Å². The average Bonchev–Trinajstić information content (AvgIpc) is 2.93. The third kappa shape index (κ3) is 5.45. The van der Waals surface area contributed by atoms with Crippen LogP contribution in [0.5, 0.6) is 0 Å². The zero-order valence-electron chi connectivity index (χ0n) is 21.9. The molecule has 0 atom stereocenters. The van der Waals surface area contributed by atoms with Gasteiger partial charge in [-0.15, -0.1) is 0 Å². The van der Waals surface area contributed by atoms with E-state index in [-0.39, 0.29) is 5.91 Å². The highest BCUT2D eigenvalue weighted by Gasteiger charge is 2.29. The molecule has 37 heavy (non-hydrogen) atoms. The first kappa shape index (κ1) is 24.2. The third-order valence-electron chi connectivity index (χ3n) is 8.84. The molecule has 4 heteroatoms. The molecule has 6 rings (SSSR count). The minimum atomic E-state index is 0.251. The van der Waals surface area contributed by atoms with E-state index in [0.717, 1.165) is 70.1 Å². The van der Waals surface area contributed by atoms with Crippen molar-refractivity contribution in [2.45, 2.75) is 38.0 Å². The number of nitrogens with zero attached hydrogens (tertiary/aromatic N) is 3. The van der Waals surface area contributed by atoms with Crippen molar-refractivity contribution >= 4 is 11.6 Å². The summed E-state index contributed by atoms with van der Waals surface area (Å²) in [5.41, 5.74) is 6.18. The second kappa shape index (κ2) is 11.1. The standard InChI is InChI=1S/C33H39N3O/c37-33-32-24-30(15-14-29(32)16-19-36(33)25-26-8-7-9-26)35-22-20-34(21-23-35)18-17-31(27-10-3-1-4-11-27)28-12-5-2-6-13-28/h1-6,10-15,24,26,31H,7-9,16-23,25H2.